The summed E-state index contributed by atoms with van der Waals surface area (Å²) in [6.07, 6.45) is -0.613. The van der Waals surface area contributed by atoms with Crippen LogP contribution in [0.5, 0.6) is 5.88 Å². The van der Waals surface area contributed by atoms with Crippen molar-refractivity contribution in [3.05, 3.63) is 23.4 Å². The van der Waals surface area contributed by atoms with Crippen LogP contribution in [0.4, 0.5) is 13.2 Å². The third kappa shape index (κ3) is 5.25. The van der Waals surface area contributed by atoms with Gasteiger partial charge in [-0.1, -0.05) is 33.1 Å². The second-order valence-corrected chi connectivity index (χ2v) is 4.89. The summed E-state index contributed by atoms with van der Waals surface area (Å²) in [5.74, 6) is 0.0232. The van der Waals surface area contributed by atoms with E-state index < -0.39 is 11.9 Å². The Hall–Kier alpha value is -1.77. The first-order chi connectivity index (χ1) is 9.92. The third-order valence-corrected chi connectivity index (χ3v) is 3.27. The molecule has 0 aliphatic carbocycles. The van der Waals surface area contributed by atoms with E-state index in [-0.39, 0.29) is 24.0 Å². The molecular weight excluding hydrogens is 281 g/mol. The fraction of sp³-hybridized carbons (Fsp3) is 0.600. The van der Waals surface area contributed by atoms with Gasteiger partial charge in [-0.3, -0.25) is 0 Å². The van der Waals surface area contributed by atoms with Gasteiger partial charge in [-0.25, -0.2) is 4.98 Å². The van der Waals surface area contributed by atoms with E-state index in [2.05, 4.69) is 11.9 Å². The summed E-state index contributed by atoms with van der Waals surface area (Å²) in [5, 5.41) is 8.92. The smallest absolute Gasteiger partial charge is 0.433 e. The molecule has 3 nitrogen and oxygen atoms in total. The summed E-state index contributed by atoms with van der Waals surface area (Å²) < 4.78 is 43.3. The highest BCUT2D eigenvalue weighted by atomic mass is 19.4. The van der Waals surface area contributed by atoms with Crippen molar-refractivity contribution in [3.63, 3.8) is 0 Å². The van der Waals surface area contributed by atoms with Crippen LogP contribution in [0.15, 0.2) is 12.1 Å². The van der Waals surface area contributed by atoms with Crippen LogP contribution in [0.1, 0.15) is 50.8 Å². The Morgan fingerprint density at radius 2 is 2.05 bits per heavy atom. The molecule has 0 fully saturated rings. The molecule has 0 spiro atoms. The van der Waals surface area contributed by atoms with E-state index in [1.54, 1.807) is 6.07 Å². The zero-order valence-corrected chi connectivity index (χ0v) is 12.2. The lowest BCUT2D eigenvalue weighted by Crippen LogP contribution is -2.15. The lowest BCUT2D eigenvalue weighted by molar-refractivity contribution is -0.141. The van der Waals surface area contributed by atoms with E-state index in [1.165, 1.54) is 0 Å². The van der Waals surface area contributed by atoms with E-state index in [0.717, 1.165) is 37.8 Å². The molecule has 1 unspecified atom stereocenters. The molecule has 0 aliphatic heterocycles. The minimum Gasteiger partial charge on any atom is -0.476 e. The normalized spacial score (nSPS) is 12.8. The van der Waals surface area contributed by atoms with Crippen LogP contribution >= 0.6 is 0 Å². The first-order valence-corrected chi connectivity index (χ1v) is 7.03. The van der Waals surface area contributed by atoms with Gasteiger partial charge in [0.25, 0.3) is 0 Å². The Morgan fingerprint density at radius 1 is 1.33 bits per heavy atom. The highest BCUT2D eigenvalue weighted by molar-refractivity contribution is 5.39. The van der Waals surface area contributed by atoms with Gasteiger partial charge >= 0.3 is 6.18 Å². The second kappa shape index (κ2) is 7.87. The summed E-state index contributed by atoms with van der Waals surface area (Å²) in [7, 11) is 0. The number of aromatic nitrogens is 1. The van der Waals surface area contributed by atoms with Crippen molar-refractivity contribution in [2.45, 2.75) is 45.7 Å². The average molecular weight is 300 g/mol. The maximum atomic E-state index is 12.6. The molecule has 1 atom stereocenters. The number of nitrogens with zero attached hydrogens (tertiary/aromatic N) is 2. The van der Waals surface area contributed by atoms with Gasteiger partial charge in [0, 0.05) is 0 Å². The van der Waals surface area contributed by atoms with Crippen molar-refractivity contribution in [3.8, 4) is 11.9 Å². The minimum atomic E-state index is -4.54. The number of hydrogen-bond acceptors (Lipinski definition) is 3. The van der Waals surface area contributed by atoms with Gasteiger partial charge in [0.05, 0.1) is 6.61 Å². The highest BCUT2D eigenvalue weighted by Gasteiger charge is 2.33. The number of ether oxygens (including phenoxy) is 1. The Bertz CT molecular complexity index is 495. The number of hydrogen-bond donors (Lipinski definition) is 0. The summed E-state index contributed by atoms with van der Waals surface area (Å²) in [6, 6.07) is 3.69. The van der Waals surface area contributed by atoms with Crippen LogP contribution in [0.2, 0.25) is 0 Å². The largest absolute Gasteiger partial charge is 0.476 e. The molecule has 6 heteroatoms. The lowest BCUT2D eigenvalue weighted by atomic mass is 10.0. The fourth-order valence-electron chi connectivity index (χ4n) is 1.89. The summed E-state index contributed by atoms with van der Waals surface area (Å²) in [5.41, 5.74) is -1.02. The molecule has 1 aromatic rings. The van der Waals surface area contributed by atoms with Gasteiger partial charge in [-0.15, -0.1) is 0 Å². The SMILES string of the molecule is CCCCC(CC)COc1nc(C(F)(F)F)ccc1C#N. The van der Waals surface area contributed by atoms with E-state index in [9.17, 15) is 13.2 Å². The van der Waals surface area contributed by atoms with E-state index >= 15 is 0 Å². The van der Waals surface area contributed by atoms with Crippen LogP contribution in [-0.4, -0.2) is 11.6 Å². The number of rotatable bonds is 7. The Kier molecular flexibility index (Phi) is 6.47. The Morgan fingerprint density at radius 3 is 2.57 bits per heavy atom. The zero-order valence-electron chi connectivity index (χ0n) is 12.2. The molecule has 0 aromatic carbocycles. The van der Waals surface area contributed by atoms with Crippen LogP contribution < -0.4 is 4.74 Å². The molecular formula is C15H19F3N2O. The van der Waals surface area contributed by atoms with Crippen LogP contribution in [0, 0.1) is 17.2 Å². The molecule has 0 bridgehead atoms. The molecule has 0 N–H and O–H groups in total. The number of unbranched alkanes of at least 4 members (excludes halogenated alkanes) is 1. The molecule has 0 saturated carbocycles. The molecule has 0 aliphatic rings. The summed E-state index contributed by atoms with van der Waals surface area (Å²) in [4.78, 5) is 3.43. The van der Waals surface area contributed by atoms with E-state index in [4.69, 9.17) is 10.00 Å². The molecule has 0 amide bonds. The number of nitriles is 1. The second-order valence-electron chi connectivity index (χ2n) is 4.89. The number of pyridine rings is 1. The van der Waals surface area contributed by atoms with Gasteiger partial charge < -0.3 is 4.74 Å². The monoisotopic (exact) mass is 300 g/mol. The van der Waals surface area contributed by atoms with E-state index in [0.29, 0.717) is 0 Å². The highest BCUT2D eigenvalue weighted by Crippen LogP contribution is 2.30. The lowest BCUT2D eigenvalue weighted by Gasteiger charge is -2.16. The zero-order chi connectivity index (χ0) is 15.9. The number of alkyl halides is 3. The molecule has 0 saturated heterocycles. The van der Waals surface area contributed by atoms with Gasteiger partial charge in [-0.2, -0.15) is 18.4 Å². The van der Waals surface area contributed by atoms with Gasteiger partial charge in [0.1, 0.15) is 17.3 Å². The predicted octanol–water partition coefficient (Wildman–Crippen LogP) is 4.57. The Labute approximate surface area is 122 Å². The Balaban J connectivity index is 2.83. The van der Waals surface area contributed by atoms with Gasteiger partial charge in [0.2, 0.25) is 5.88 Å². The quantitative estimate of drug-likeness (QED) is 0.741. The average Bonchev–Trinajstić information content (AvgIpc) is 2.46. The fourth-order valence-corrected chi connectivity index (χ4v) is 1.89. The number of halogens is 3. The third-order valence-electron chi connectivity index (χ3n) is 3.27. The predicted molar refractivity (Wildman–Crippen MR) is 72.8 cm³/mol. The van der Waals surface area contributed by atoms with Gasteiger partial charge in [-0.05, 0) is 24.5 Å². The van der Waals surface area contributed by atoms with Crippen molar-refractivity contribution in [1.82, 2.24) is 4.98 Å². The van der Waals surface area contributed by atoms with Crippen LogP contribution in [0.3, 0.4) is 0 Å². The first kappa shape index (κ1) is 17.3. The molecule has 1 aromatic heterocycles. The maximum Gasteiger partial charge on any atom is 0.433 e. The molecule has 1 heterocycles. The topological polar surface area (TPSA) is 45.9 Å². The standard InChI is InChI=1S/C15H19F3N2O/c1-3-5-6-11(4-2)10-21-14-12(9-19)7-8-13(20-14)15(16,17)18/h7-8,11H,3-6,10H2,1-2H3. The van der Waals surface area contributed by atoms with Crippen molar-refractivity contribution >= 4 is 0 Å². The molecule has 21 heavy (non-hydrogen) atoms. The molecule has 116 valence electrons. The maximum absolute atomic E-state index is 12.6. The van der Waals surface area contributed by atoms with Crippen molar-refractivity contribution in [2.24, 2.45) is 5.92 Å². The first-order valence-electron chi connectivity index (χ1n) is 7.03. The van der Waals surface area contributed by atoms with Crippen LogP contribution in [-0.2, 0) is 6.18 Å². The van der Waals surface area contributed by atoms with Crippen molar-refractivity contribution in [2.75, 3.05) is 6.61 Å². The van der Waals surface area contributed by atoms with Crippen molar-refractivity contribution < 1.29 is 17.9 Å². The van der Waals surface area contributed by atoms with Crippen LogP contribution in [0.25, 0.3) is 0 Å². The summed E-state index contributed by atoms with van der Waals surface area (Å²) in [6.45, 7) is 4.36. The summed E-state index contributed by atoms with van der Waals surface area (Å²) >= 11 is 0. The van der Waals surface area contributed by atoms with Gasteiger partial charge in [0.15, 0.2) is 0 Å². The minimum absolute atomic E-state index is 0.0216. The molecule has 0 radical (unpaired) electrons. The molecule has 1 rings (SSSR count). The van der Waals surface area contributed by atoms with E-state index in [1.807, 2.05) is 6.92 Å². The van der Waals surface area contributed by atoms with Crippen molar-refractivity contribution in [1.29, 1.82) is 5.26 Å².